The van der Waals surface area contributed by atoms with E-state index in [1.165, 1.54) is 32.1 Å². The number of carbonyl (C=O) groups excluding carboxylic acids is 2. The van der Waals surface area contributed by atoms with Crippen molar-refractivity contribution < 1.29 is 14.7 Å². The summed E-state index contributed by atoms with van der Waals surface area (Å²) in [5.74, 6) is 0.182. The maximum Gasteiger partial charge on any atom is 0.220 e. The van der Waals surface area contributed by atoms with Gasteiger partial charge in [0.2, 0.25) is 11.8 Å². The van der Waals surface area contributed by atoms with E-state index in [2.05, 4.69) is 24.5 Å². The van der Waals surface area contributed by atoms with Crippen molar-refractivity contribution in [3.05, 3.63) is 0 Å². The number of aliphatic hydroxyl groups is 1. The fourth-order valence-corrected chi connectivity index (χ4v) is 3.62. The highest BCUT2D eigenvalue weighted by atomic mass is 16.3. The zero-order valence-electron chi connectivity index (χ0n) is 19.4. The SMILES string of the molecule is CCCCCCCCC(O)C(CCCCCCCC(=O)NC)NC(=O)CCCC. The second kappa shape index (κ2) is 20.2. The van der Waals surface area contributed by atoms with E-state index in [1.54, 1.807) is 7.05 Å². The van der Waals surface area contributed by atoms with Crippen LogP contribution in [0.25, 0.3) is 0 Å². The molecule has 0 saturated heterocycles. The smallest absolute Gasteiger partial charge is 0.220 e. The first-order valence-electron chi connectivity index (χ1n) is 12.2. The predicted molar refractivity (Wildman–Crippen MR) is 122 cm³/mol. The minimum atomic E-state index is -0.444. The molecular formula is C24H48N2O3. The van der Waals surface area contributed by atoms with E-state index >= 15 is 0 Å². The molecule has 5 heteroatoms. The van der Waals surface area contributed by atoms with E-state index in [0.717, 1.165) is 64.2 Å². The van der Waals surface area contributed by atoms with E-state index in [-0.39, 0.29) is 17.9 Å². The summed E-state index contributed by atoms with van der Waals surface area (Å²) in [6.07, 6.45) is 16.7. The fourth-order valence-electron chi connectivity index (χ4n) is 3.62. The average Bonchev–Trinajstić information content (AvgIpc) is 2.72. The summed E-state index contributed by atoms with van der Waals surface area (Å²) in [5.41, 5.74) is 0. The molecular weight excluding hydrogens is 364 g/mol. The Hall–Kier alpha value is -1.10. The molecule has 0 bridgehead atoms. The highest BCUT2D eigenvalue weighted by Crippen LogP contribution is 2.16. The fraction of sp³-hybridized carbons (Fsp3) is 0.917. The van der Waals surface area contributed by atoms with Gasteiger partial charge in [0.25, 0.3) is 0 Å². The number of unbranched alkanes of at least 4 members (excludes halogenated alkanes) is 10. The second-order valence-electron chi connectivity index (χ2n) is 8.38. The first-order valence-corrected chi connectivity index (χ1v) is 12.2. The number of hydrogen-bond acceptors (Lipinski definition) is 3. The zero-order chi connectivity index (χ0) is 21.7. The Bertz CT molecular complexity index is 402. The lowest BCUT2D eigenvalue weighted by molar-refractivity contribution is -0.123. The molecule has 3 N–H and O–H groups in total. The van der Waals surface area contributed by atoms with Gasteiger partial charge >= 0.3 is 0 Å². The number of carbonyl (C=O) groups is 2. The second-order valence-corrected chi connectivity index (χ2v) is 8.38. The van der Waals surface area contributed by atoms with Crippen molar-refractivity contribution in [3.63, 3.8) is 0 Å². The molecule has 0 aromatic carbocycles. The van der Waals surface area contributed by atoms with Crippen molar-refractivity contribution in [1.29, 1.82) is 0 Å². The van der Waals surface area contributed by atoms with Crippen molar-refractivity contribution in [2.45, 2.75) is 135 Å². The largest absolute Gasteiger partial charge is 0.391 e. The molecule has 0 aromatic rings. The van der Waals surface area contributed by atoms with Crippen LogP contribution in [0.2, 0.25) is 0 Å². The minimum absolute atomic E-state index is 0.0735. The molecule has 2 amide bonds. The topological polar surface area (TPSA) is 78.4 Å². The lowest BCUT2D eigenvalue weighted by Gasteiger charge is -2.24. The van der Waals surface area contributed by atoms with Gasteiger partial charge in [0.15, 0.2) is 0 Å². The standard InChI is InChI=1S/C24H48N2O3/c1-4-6-8-9-12-15-18-22(27)21(26-24(29)19-7-5-2)17-14-11-10-13-16-20-23(28)25-3/h21-22,27H,4-20H2,1-3H3,(H,25,28)(H,26,29). The Balaban J connectivity index is 4.17. The van der Waals surface area contributed by atoms with Gasteiger partial charge in [-0.1, -0.05) is 84.5 Å². The van der Waals surface area contributed by atoms with Gasteiger partial charge < -0.3 is 15.7 Å². The van der Waals surface area contributed by atoms with Crippen LogP contribution in [0.4, 0.5) is 0 Å². The molecule has 0 aromatic heterocycles. The number of nitrogens with one attached hydrogen (secondary N) is 2. The third-order valence-corrected chi connectivity index (χ3v) is 5.62. The highest BCUT2D eigenvalue weighted by Gasteiger charge is 2.20. The van der Waals surface area contributed by atoms with Crippen LogP contribution in [0, 0.1) is 0 Å². The van der Waals surface area contributed by atoms with Gasteiger partial charge in [0.05, 0.1) is 12.1 Å². The molecule has 0 radical (unpaired) electrons. The molecule has 2 atom stereocenters. The van der Waals surface area contributed by atoms with E-state index in [4.69, 9.17) is 0 Å². The van der Waals surface area contributed by atoms with Crippen molar-refractivity contribution in [1.82, 2.24) is 10.6 Å². The summed E-state index contributed by atoms with van der Waals surface area (Å²) in [4.78, 5) is 23.4. The van der Waals surface area contributed by atoms with Crippen LogP contribution in [0.5, 0.6) is 0 Å². The third kappa shape index (κ3) is 17.5. The lowest BCUT2D eigenvalue weighted by atomic mass is 9.97. The lowest BCUT2D eigenvalue weighted by Crippen LogP contribution is -2.43. The zero-order valence-corrected chi connectivity index (χ0v) is 19.4. The molecule has 0 spiro atoms. The van der Waals surface area contributed by atoms with E-state index < -0.39 is 6.10 Å². The predicted octanol–water partition coefficient (Wildman–Crippen LogP) is 5.25. The maximum atomic E-state index is 12.2. The molecule has 0 aliphatic rings. The van der Waals surface area contributed by atoms with Crippen LogP contribution in [0.3, 0.4) is 0 Å². The van der Waals surface area contributed by atoms with Crippen molar-refractivity contribution in [2.75, 3.05) is 7.05 Å². The first-order chi connectivity index (χ1) is 14.0. The van der Waals surface area contributed by atoms with Crippen LogP contribution in [-0.2, 0) is 9.59 Å². The molecule has 0 saturated carbocycles. The van der Waals surface area contributed by atoms with Gasteiger partial charge in [-0.3, -0.25) is 9.59 Å². The quantitative estimate of drug-likeness (QED) is 0.239. The van der Waals surface area contributed by atoms with Gasteiger partial charge in [0.1, 0.15) is 0 Å². The van der Waals surface area contributed by atoms with Gasteiger partial charge in [0, 0.05) is 19.9 Å². The van der Waals surface area contributed by atoms with Gasteiger partial charge in [-0.15, -0.1) is 0 Å². The van der Waals surface area contributed by atoms with Crippen LogP contribution in [0.15, 0.2) is 0 Å². The molecule has 5 nitrogen and oxygen atoms in total. The van der Waals surface area contributed by atoms with E-state index in [1.807, 2.05) is 0 Å². The molecule has 172 valence electrons. The number of aliphatic hydroxyl groups excluding tert-OH is 1. The summed E-state index contributed by atoms with van der Waals surface area (Å²) in [7, 11) is 1.67. The van der Waals surface area contributed by atoms with Crippen LogP contribution < -0.4 is 10.6 Å². The Labute approximate surface area is 179 Å². The Morgan fingerprint density at radius 2 is 1.21 bits per heavy atom. The number of amides is 2. The summed E-state index contributed by atoms with van der Waals surface area (Å²) in [6, 6.07) is -0.124. The van der Waals surface area contributed by atoms with Crippen molar-refractivity contribution in [3.8, 4) is 0 Å². The van der Waals surface area contributed by atoms with Gasteiger partial charge in [-0.2, -0.15) is 0 Å². The molecule has 2 unspecified atom stereocenters. The average molecular weight is 413 g/mol. The van der Waals surface area contributed by atoms with E-state index in [0.29, 0.717) is 12.8 Å². The Morgan fingerprint density at radius 1 is 0.690 bits per heavy atom. The van der Waals surface area contributed by atoms with Crippen LogP contribution in [-0.4, -0.2) is 36.1 Å². The third-order valence-electron chi connectivity index (χ3n) is 5.62. The van der Waals surface area contributed by atoms with Crippen molar-refractivity contribution in [2.24, 2.45) is 0 Å². The van der Waals surface area contributed by atoms with Crippen LogP contribution in [0.1, 0.15) is 123 Å². The molecule has 0 aliphatic heterocycles. The van der Waals surface area contributed by atoms with E-state index in [9.17, 15) is 14.7 Å². The maximum absolute atomic E-state index is 12.2. The summed E-state index contributed by atoms with van der Waals surface area (Å²) >= 11 is 0. The Morgan fingerprint density at radius 3 is 1.83 bits per heavy atom. The summed E-state index contributed by atoms with van der Waals surface area (Å²) in [5, 5.41) is 16.4. The molecule has 0 fully saturated rings. The first kappa shape index (κ1) is 27.9. The Kier molecular flexibility index (Phi) is 19.4. The molecule has 0 heterocycles. The van der Waals surface area contributed by atoms with Gasteiger partial charge in [-0.25, -0.2) is 0 Å². The highest BCUT2D eigenvalue weighted by molar-refractivity contribution is 5.76. The monoisotopic (exact) mass is 412 g/mol. The summed E-state index contributed by atoms with van der Waals surface area (Å²) in [6.45, 7) is 4.31. The normalized spacial score (nSPS) is 13.1. The molecule has 29 heavy (non-hydrogen) atoms. The van der Waals surface area contributed by atoms with Crippen molar-refractivity contribution >= 4 is 11.8 Å². The number of hydrogen-bond donors (Lipinski definition) is 3. The van der Waals surface area contributed by atoms with Gasteiger partial charge in [-0.05, 0) is 25.7 Å². The molecule has 0 aliphatic carbocycles. The number of rotatable bonds is 20. The van der Waals surface area contributed by atoms with Crippen LogP contribution >= 0.6 is 0 Å². The minimum Gasteiger partial charge on any atom is -0.391 e. The molecule has 0 rings (SSSR count). The summed E-state index contributed by atoms with van der Waals surface area (Å²) < 4.78 is 0.